The zero-order chi connectivity index (χ0) is 8.81. The summed E-state index contributed by atoms with van der Waals surface area (Å²) in [5.41, 5.74) is 1.19. The molecule has 1 heterocycles. The molecule has 0 amide bonds. The van der Waals surface area contributed by atoms with Crippen LogP contribution in [0.15, 0.2) is 24.5 Å². The first-order chi connectivity index (χ1) is 5.88. The Bertz CT molecular complexity index is 213. The van der Waals surface area contributed by atoms with Gasteiger partial charge < -0.3 is 4.90 Å². The molecule has 0 unspecified atom stereocenters. The minimum absolute atomic E-state index is 0.663. The molecule has 12 heavy (non-hydrogen) atoms. The van der Waals surface area contributed by atoms with Gasteiger partial charge in [0.1, 0.15) is 0 Å². The van der Waals surface area contributed by atoms with E-state index in [4.69, 9.17) is 11.6 Å². The molecule has 0 fully saturated rings. The summed E-state index contributed by atoms with van der Waals surface area (Å²) in [6, 6.07) is 3.99. The summed E-state index contributed by atoms with van der Waals surface area (Å²) >= 11 is 5.67. The van der Waals surface area contributed by atoms with Gasteiger partial charge in [-0.3, -0.25) is 4.98 Å². The van der Waals surface area contributed by atoms with Crippen molar-refractivity contribution in [1.82, 2.24) is 4.98 Å². The van der Waals surface area contributed by atoms with Crippen molar-refractivity contribution in [3.05, 3.63) is 24.5 Å². The highest BCUT2D eigenvalue weighted by molar-refractivity contribution is 6.18. The standard InChI is InChI=1S/C9H13ClN2/c1-2-12(8-5-10)9-3-6-11-7-4-9/h3-4,6-7H,2,5,8H2,1H3. The van der Waals surface area contributed by atoms with Crippen LogP contribution < -0.4 is 4.90 Å². The number of hydrogen-bond acceptors (Lipinski definition) is 2. The maximum atomic E-state index is 5.67. The lowest BCUT2D eigenvalue weighted by Gasteiger charge is -2.21. The molecule has 1 rings (SSSR count). The Kier molecular flexibility index (Phi) is 3.88. The molecule has 0 N–H and O–H groups in total. The maximum absolute atomic E-state index is 5.67. The molecule has 0 aromatic carbocycles. The predicted molar refractivity (Wildman–Crippen MR) is 52.8 cm³/mol. The summed E-state index contributed by atoms with van der Waals surface area (Å²) in [6.45, 7) is 3.99. The van der Waals surface area contributed by atoms with Crippen molar-refractivity contribution in [2.24, 2.45) is 0 Å². The summed E-state index contributed by atoms with van der Waals surface area (Å²) in [5, 5.41) is 0. The van der Waals surface area contributed by atoms with E-state index in [9.17, 15) is 0 Å². The van der Waals surface area contributed by atoms with Crippen LogP contribution in [0.2, 0.25) is 0 Å². The van der Waals surface area contributed by atoms with Crippen molar-refractivity contribution >= 4 is 17.3 Å². The van der Waals surface area contributed by atoms with Gasteiger partial charge in [0.05, 0.1) is 0 Å². The lowest BCUT2D eigenvalue weighted by Crippen LogP contribution is -2.24. The second-order valence-electron chi connectivity index (χ2n) is 2.47. The van der Waals surface area contributed by atoms with Crippen LogP contribution in [0, 0.1) is 0 Å². The lowest BCUT2D eigenvalue weighted by molar-refractivity contribution is 0.868. The van der Waals surface area contributed by atoms with Gasteiger partial charge in [-0.1, -0.05) is 0 Å². The molecule has 0 atom stereocenters. The van der Waals surface area contributed by atoms with Crippen molar-refractivity contribution in [1.29, 1.82) is 0 Å². The SMILES string of the molecule is CCN(CCCl)c1ccncc1. The fourth-order valence-corrected chi connectivity index (χ4v) is 1.33. The van der Waals surface area contributed by atoms with Crippen LogP contribution >= 0.6 is 11.6 Å². The van der Waals surface area contributed by atoms with Crippen LogP contribution in [0.25, 0.3) is 0 Å². The average Bonchev–Trinajstić information content (AvgIpc) is 2.15. The predicted octanol–water partition coefficient (Wildman–Crippen LogP) is 2.15. The van der Waals surface area contributed by atoms with Crippen molar-refractivity contribution in [3.63, 3.8) is 0 Å². The van der Waals surface area contributed by atoms with Gasteiger partial charge in [0.15, 0.2) is 0 Å². The Morgan fingerprint density at radius 2 is 2.08 bits per heavy atom. The molecule has 0 bridgehead atoms. The second kappa shape index (κ2) is 4.99. The summed E-state index contributed by atoms with van der Waals surface area (Å²) in [4.78, 5) is 6.18. The van der Waals surface area contributed by atoms with Crippen molar-refractivity contribution < 1.29 is 0 Å². The molecule has 66 valence electrons. The highest BCUT2D eigenvalue weighted by Gasteiger charge is 2.00. The molecule has 0 aliphatic heterocycles. The molecule has 0 aliphatic rings. The van der Waals surface area contributed by atoms with Gasteiger partial charge >= 0.3 is 0 Å². The first kappa shape index (κ1) is 9.33. The van der Waals surface area contributed by atoms with Crippen LogP contribution in [0.5, 0.6) is 0 Å². The third-order valence-electron chi connectivity index (χ3n) is 1.76. The van der Waals surface area contributed by atoms with Gasteiger partial charge in [-0.15, -0.1) is 11.6 Å². The Hall–Kier alpha value is -0.760. The topological polar surface area (TPSA) is 16.1 Å². The van der Waals surface area contributed by atoms with Crippen LogP contribution in [0.3, 0.4) is 0 Å². The van der Waals surface area contributed by atoms with Gasteiger partial charge in [0.2, 0.25) is 0 Å². The first-order valence-electron chi connectivity index (χ1n) is 4.09. The fraction of sp³-hybridized carbons (Fsp3) is 0.444. The van der Waals surface area contributed by atoms with E-state index in [-0.39, 0.29) is 0 Å². The Morgan fingerprint density at radius 1 is 1.42 bits per heavy atom. The third-order valence-corrected chi connectivity index (χ3v) is 1.93. The van der Waals surface area contributed by atoms with Crippen LogP contribution in [-0.2, 0) is 0 Å². The van der Waals surface area contributed by atoms with Gasteiger partial charge in [0.25, 0.3) is 0 Å². The van der Waals surface area contributed by atoms with E-state index >= 15 is 0 Å². The summed E-state index contributed by atoms with van der Waals surface area (Å²) in [7, 11) is 0. The van der Waals surface area contributed by atoms with E-state index in [1.807, 2.05) is 12.1 Å². The lowest BCUT2D eigenvalue weighted by atomic mass is 10.3. The van der Waals surface area contributed by atoms with Gasteiger partial charge in [-0.2, -0.15) is 0 Å². The molecular weight excluding hydrogens is 172 g/mol. The number of hydrogen-bond donors (Lipinski definition) is 0. The fourth-order valence-electron chi connectivity index (χ4n) is 1.13. The van der Waals surface area contributed by atoms with Crippen LogP contribution in [0.4, 0.5) is 5.69 Å². The molecular formula is C9H13ClN2. The van der Waals surface area contributed by atoms with Crippen LogP contribution in [0.1, 0.15) is 6.92 Å². The zero-order valence-corrected chi connectivity index (χ0v) is 7.96. The number of halogens is 1. The first-order valence-corrected chi connectivity index (χ1v) is 4.63. The number of pyridine rings is 1. The van der Waals surface area contributed by atoms with E-state index in [0.717, 1.165) is 13.1 Å². The molecule has 0 radical (unpaired) electrons. The van der Waals surface area contributed by atoms with Crippen molar-refractivity contribution in [2.75, 3.05) is 23.9 Å². The largest absolute Gasteiger partial charge is 0.371 e. The highest BCUT2D eigenvalue weighted by atomic mass is 35.5. The molecule has 0 saturated carbocycles. The van der Waals surface area contributed by atoms with Crippen LogP contribution in [-0.4, -0.2) is 24.0 Å². The van der Waals surface area contributed by atoms with Crippen molar-refractivity contribution in [2.45, 2.75) is 6.92 Å². The number of alkyl halides is 1. The van der Waals surface area contributed by atoms with Gasteiger partial charge in [0, 0.05) is 37.1 Å². The summed E-state index contributed by atoms with van der Waals surface area (Å²) in [6.07, 6.45) is 3.60. The molecule has 2 nitrogen and oxygen atoms in total. The minimum atomic E-state index is 0.663. The van der Waals surface area contributed by atoms with E-state index in [1.165, 1.54) is 5.69 Å². The molecule has 0 spiro atoms. The molecule has 3 heteroatoms. The second-order valence-corrected chi connectivity index (χ2v) is 2.85. The van der Waals surface area contributed by atoms with Gasteiger partial charge in [-0.05, 0) is 19.1 Å². The summed E-state index contributed by atoms with van der Waals surface area (Å²) in [5.74, 6) is 0.663. The smallest absolute Gasteiger partial charge is 0.0399 e. The number of nitrogens with zero attached hydrogens (tertiary/aromatic N) is 2. The number of aromatic nitrogens is 1. The normalized spacial score (nSPS) is 9.83. The number of anilines is 1. The molecule has 0 saturated heterocycles. The zero-order valence-electron chi connectivity index (χ0n) is 7.20. The monoisotopic (exact) mass is 184 g/mol. The Balaban J connectivity index is 2.66. The summed E-state index contributed by atoms with van der Waals surface area (Å²) < 4.78 is 0. The van der Waals surface area contributed by atoms with E-state index < -0.39 is 0 Å². The quantitative estimate of drug-likeness (QED) is 0.667. The molecule has 1 aromatic heterocycles. The Labute approximate surface area is 78.2 Å². The molecule has 1 aromatic rings. The number of rotatable bonds is 4. The van der Waals surface area contributed by atoms with E-state index in [1.54, 1.807) is 12.4 Å². The average molecular weight is 185 g/mol. The van der Waals surface area contributed by atoms with Crippen molar-refractivity contribution in [3.8, 4) is 0 Å². The maximum Gasteiger partial charge on any atom is 0.0399 e. The Morgan fingerprint density at radius 3 is 2.58 bits per heavy atom. The van der Waals surface area contributed by atoms with E-state index in [0.29, 0.717) is 5.88 Å². The highest BCUT2D eigenvalue weighted by Crippen LogP contribution is 2.10. The molecule has 0 aliphatic carbocycles. The van der Waals surface area contributed by atoms with Gasteiger partial charge in [-0.25, -0.2) is 0 Å². The minimum Gasteiger partial charge on any atom is -0.371 e. The van der Waals surface area contributed by atoms with E-state index in [2.05, 4.69) is 16.8 Å². The third kappa shape index (κ3) is 2.38.